The molecule has 0 spiro atoms. The lowest BCUT2D eigenvalue weighted by molar-refractivity contribution is 0.569. The molecular weight excluding hydrogens is 989 g/mol. The molecule has 0 fully saturated rings. The van der Waals surface area contributed by atoms with Crippen molar-refractivity contribution in [3.63, 3.8) is 0 Å². The number of aromatic nitrogens is 1. The van der Waals surface area contributed by atoms with Gasteiger partial charge in [-0.15, -0.1) is 0 Å². The Hall–Kier alpha value is -7.16. The summed E-state index contributed by atoms with van der Waals surface area (Å²) < 4.78 is 2.55. The van der Waals surface area contributed by atoms with Gasteiger partial charge < -0.3 is 9.47 Å². The number of hydrogen-bond acceptors (Lipinski definition) is 1. The summed E-state index contributed by atoms with van der Waals surface area (Å²) in [5.41, 5.74) is 21.1. The fraction of sp³-hybridized carbons (Fsp3) is 0.350. The average Bonchev–Trinajstić information content (AvgIpc) is 3.07. The Labute approximate surface area is 492 Å². The van der Waals surface area contributed by atoms with Crippen molar-refractivity contribution in [2.45, 2.75) is 183 Å². The highest BCUT2D eigenvalue weighted by molar-refractivity contribution is 6.27. The lowest BCUT2D eigenvalue weighted by Gasteiger charge is -2.33. The first-order valence-corrected chi connectivity index (χ1v) is 30.2. The van der Waals surface area contributed by atoms with Crippen LogP contribution in [0.4, 0.5) is 17.1 Å². The van der Waals surface area contributed by atoms with Crippen molar-refractivity contribution in [2.75, 3.05) is 4.90 Å². The Balaban J connectivity index is 1.23. The highest BCUT2D eigenvalue weighted by Crippen LogP contribution is 2.51. The summed E-state index contributed by atoms with van der Waals surface area (Å²) in [6.45, 7) is 49.1. The third-order valence-corrected chi connectivity index (χ3v) is 17.8. The number of fused-ring (bicyclic) bond motifs is 3. The fourth-order valence-electron chi connectivity index (χ4n) is 12.4. The Bertz CT molecular complexity index is 4170. The van der Waals surface area contributed by atoms with Crippen LogP contribution in [-0.4, -0.2) is 4.57 Å². The minimum atomic E-state index is -0.123. The fourth-order valence-corrected chi connectivity index (χ4v) is 12.4. The van der Waals surface area contributed by atoms with E-state index in [-0.39, 0.29) is 37.9 Å². The van der Waals surface area contributed by atoms with E-state index in [1.54, 1.807) is 0 Å². The van der Waals surface area contributed by atoms with Crippen molar-refractivity contribution in [3.8, 4) is 27.9 Å². The summed E-state index contributed by atoms with van der Waals surface area (Å²) in [7, 11) is 0. The van der Waals surface area contributed by atoms with Crippen LogP contribution in [0.1, 0.15) is 184 Å². The predicted molar refractivity (Wildman–Crippen MR) is 361 cm³/mol. The molecule has 0 aliphatic carbocycles. The van der Waals surface area contributed by atoms with Crippen LogP contribution in [0.15, 0.2) is 164 Å². The average molecular weight is 1080 g/mol. The zero-order valence-corrected chi connectivity index (χ0v) is 53.5. The Morgan fingerprint density at radius 3 is 1.17 bits per heavy atom. The van der Waals surface area contributed by atoms with E-state index in [2.05, 4.69) is 319 Å². The molecule has 0 bridgehead atoms. The third-order valence-electron chi connectivity index (χ3n) is 17.8. The summed E-state index contributed by atoms with van der Waals surface area (Å²) >= 11 is 0. The number of anilines is 3. The molecule has 0 unspecified atom stereocenters. The van der Waals surface area contributed by atoms with E-state index in [9.17, 15) is 0 Å². The van der Waals surface area contributed by atoms with Crippen molar-refractivity contribution >= 4 is 71.2 Å². The monoisotopic (exact) mass is 1080 g/mol. The molecule has 0 amide bonds. The summed E-state index contributed by atoms with van der Waals surface area (Å²) in [6.07, 6.45) is 0. The first-order chi connectivity index (χ1) is 38.1. The van der Waals surface area contributed by atoms with Gasteiger partial charge >= 0.3 is 0 Å². The Morgan fingerprint density at radius 2 is 0.671 bits per heavy atom. The Kier molecular flexibility index (Phi) is 13.3. The first kappa shape index (κ1) is 56.7. The van der Waals surface area contributed by atoms with E-state index in [1.165, 1.54) is 121 Å². The largest absolute Gasteiger partial charge is 0.309 e. The van der Waals surface area contributed by atoms with Crippen LogP contribution in [0.25, 0.3) is 82.1 Å². The van der Waals surface area contributed by atoms with Gasteiger partial charge in [-0.2, -0.15) is 0 Å². The van der Waals surface area contributed by atoms with Gasteiger partial charge in [-0.1, -0.05) is 249 Å². The highest BCUT2D eigenvalue weighted by Gasteiger charge is 2.30. The van der Waals surface area contributed by atoms with Crippen LogP contribution in [0.2, 0.25) is 0 Å². The van der Waals surface area contributed by atoms with Gasteiger partial charge in [0.1, 0.15) is 0 Å². The van der Waals surface area contributed by atoms with E-state index in [4.69, 9.17) is 0 Å². The molecule has 0 saturated heterocycles. The third kappa shape index (κ3) is 10.1. The van der Waals surface area contributed by atoms with Crippen LogP contribution in [0.3, 0.4) is 0 Å². The molecule has 0 aliphatic rings. The quantitative estimate of drug-likeness (QED) is 0.151. The SMILES string of the molecule is CC(C)(C)c1ccc(N(c2cc(C(C)(C)C)ccc2-c2cc(C(C)(C)C)ccc2-c2cc(C(C)(C)C)cc(C(C)(C)C)c2)c2ccc3ccc4c(-n5c6ccc(C(C)(C)C)cc6c6cc(C(C)(C)C)ccc65)ccc5ccc2c3c54)cc1. The van der Waals surface area contributed by atoms with Crippen molar-refractivity contribution in [1.29, 1.82) is 0 Å². The van der Waals surface area contributed by atoms with E-state index in [1.807, 2.05) is 0 Å². The molecule has 0 atom stereocenters. The van der Waals surface area contributed by atoms with Crippen molar-refractivity contribution in [3.05, 3.63) is 203 Å². The topological polar surface area (TPSA) is 8.17 Å². The van der Waals surface area contributed by atoms with E-state index in [0.29, 0.717) is 0 Å². The van der Waals surface area contributed by atoms with Crippen LogP contribution in [0.5, 0.6) is 0 Å². The maximum Gasteiger partial charge on any atom is 0.0543 e. The van der Waals surface area contributed by atoms with Gasteiger partial charge in [0, 0.05) is 32.8 Å². The van der Waals surface area contributed by atoms with Gasteiger partial charge in [-0.3, -0.25) is 0 Å². The van der Waals surface area contributed by atoms with E-state index in [0.717, 1.165) is 17.1 Å². The summed E-state index contributed by atoms with van der Waals surface area (Å²) in [5, 5.41) is 10.1. The summed E-state index contributed by atoms with van der Waals surface area (Å²) in [4.78, 5) is 2.61. The minimum absolute atomic E-state index is 0.0126. The van der Waals surface area contributed by atoms with Gasteiger partial charge in [0.2, 0.25) is 0 Å². The lowest BCUT2D eigenvalue weighted by Crippen LogP contribution is -2.17. The van der Waals surface area contributed by atoms with E-state index < -0.39 is 0 Å². The summed E-state index contributed by atoms with van der Waals surface area (Å²) in [5.74, 6) is 0. The standard InChI is InChI=1S/C80H90N2/c1-74(2,3)52-26-32-59(33-27-52)81(71-48-56(78(13,14)15)29-37-61(71)64-45-53(75(4,5)6)28-36-60(64)51-42-57(79(16,17)18)44-58(43-51)80(19,20)21)67-38-24-49-23-35-63-68(39-25-50-22-34-62(67)72(49)73(50)63)82-69-40-30-54(76(7,8)9)46-65(69)66-47-55(77(10,11)12)31-41-70(66)82/h22-48H,1-21H3. The second-order valence-corrected chi connectivity index (χ2v) is 31.3. The molecule has 420 valence electrons. The molecule has 2 nitrogen and oxygen atoms in total. The molecule has 1 aromatic heterocycles. The Morgan fingerprint density at radius 1 is 0.268 bits per heavy atom. The van der Waals surface area contributed by atoms with Gasteiger partial charge in [0.05, 0.1) is 28.1 Å². The van der Waals surface area contributed by atoms with Gasteiger partial charge in [-0.05, 0) is 176 Å². The van der Waals surface area contributed by atoms with Gasteiger partial charge in [0.25, 0.3) is 0 Å². The highest BCUT2D eigenvalue weighted by atomic mass is 15.1. The number of hydrogen-bond donors (Lipinski definition) is 0. The zero-order chi connectivity index (χ0) is 59.2. The maximum atomic E-state index is 2.61. The van der Waals surface area contributed by atoms with Crippen molar-refractivity contribution in [1.82, 2.24) is 4.57 Å². The van der Waals surface area contributed by atoms with Gasteiger partial charge in [0.15, 0.2) is 0 Å². The smallest absolute Gasteiger partial charge is 0.0543 e. The molecule has 11 aromatic rings. The van der Waals surface area contributed by atoms with Crippen molar-refractivity contribution in [2.24, 2.45) is 0 Å². The number of nitrogens with zero attached hydrogens (tertiary/aromatic N) is 2. The van der Waals surface area contributed by atoms with Crippen LogP contribution in [0, 0.1) is 0 Å². The zero-order valence-electron chi connectivity index (χ0n) is 53.5. The summed E-state index contributed by atoms with van der Waals surface area (Å²) in [6, 6.07) is 65.0. The predicted octanol–water partition coefficient (Wildman–Crippen LogP) is 23.6. The van der Waals surface area contributed by atoms with Crippen LogP contribution < -0.4 is 4.90 Å². The molecular formula is C80H90N2. The number of benzene rings is 10. The molecule has 11 rings (SSSR count). The second-order valence-electron chi connectivity index (χ2n) is 31.3. The molecule has 0 saturated carbocycles. The molecule has 0 radical (unpaired) electrons. The second kappa shape index (κ2) is 19.2. The number of rotatable bonds is 6. The molecule has 1 heterocycles. The lowest BCUT2D eigenvalue weighted by atomic mass is 9.77. The molecule has 10 aromatic carbocycles. The normalized spacial score (nSPS) is 13.4. The minimum Gasteiger partial charge on any atom is -0.309 e. The maximum absolute atomic E-state index is 2.61. The molecule has 2 heteroatoms. The molecule has 0 N–H and O–H groups in total. The first-order valence-electron chi connectivity index (χ1n) is 30.2. The van der Waals surface area contributed by atoms with Crippen LogP contribution >= 0.6 is 0 Å². The van der Waals surface area contributed by atoms with E-state index >= 15 is 0 Å². The molecule has 82 heavy (non-hydrogen) atoms. The van der Waals surface area contributed by atoms with Crippen molar-refractivity contribution < 1.29 is 0 Å². The van der Waals surface area contributed by atoms with Crippen LogP contribution in [-0.2, 0) is 37.9 Å². The molecule has 0 aliphatic heterocycles. The van der Waals surface area contributed by atoms with Gasteiger partial charge in [-0.25, -0.2) is 0 Å².